The second-order valence-corrected chi connectivity index (χ2v) is 6.43. The molecule has 3 N–H and O–H groups in total. The topological polar surface area (TPSA) is 78.9 Å². The summed E-state index contributed by atoms with van der Waals surface area (Å²) in [6, 6.07) is 2.11. The molecule has 0 radical (unpaired) electrons. The summed E-state index contributed by atoms with van der Waals surface area (Å²) in [6.45, 7) is 5.10. The van der Waals surface area contributed by atoms with E-state index in [2.05, 4.69) is 25.2 Å². The number of hydrogen-bond donors (Lipinski definition) is 2. The molecule has 1 heterocycles. The van der Waals surface area contributed by atoms with E-state index in [4.69, 9.17) is 5.73 Å². The van der Waals surface area contributed by atoms with E-state index in [1.54, 1.807) is 0 Å². The Kier molecular flexibility index (Phi) is 4.11. The highest BCUT2D eigenvalue weighted by molar-refractivity contribution is 7.19. The number of Topliss-reactive ketones (excluding diaryl/α,β-unsaturated/α-hetero) is 1. The average Bonchev–Trinajstić information content (AvgIpc) is 3.14. The number of nitrogen functional groups attached to an aromatic ring is 1. The monoisotopic (exact) mass is 277 g/mol. The SMILES string of the molecule is CC(C)CCNc1sc(C(=O)C2CC2)c(N)c1C#N. The molecule has 2 rings (SSSR count). The quantitative estimate of drug-likeness (QED) is 0.782. The van der Waals surface area contributed by atoms with Crippen molar-refractivity contribution in [1.29, 1.82) is 5.26 Å². The highest BCUT2D eigenvalue weighted by Crippen LogP contribution is 2.41. The zero-order valence-electron chi connectivity index (χ0n) is 11.3. The normalized spacial score (nSPS) is 14.4. The molecule has 0 atom stereocenters. The van der Waals surface area contributed by atoms with E-state index in [0.29, 0.717) is 22.0 Å². The molecule has 0 unspecified atom stereocenters. The lowest BCUT2D eigenvalue weighted by Gasteiger charge is -2.06. The molecular weight excluding hydrogens is 258 g/mol. The lowest BCUT2D eigenvalue weighted by Crippen LogP contribution is -2.04. The van der Waals surface area contributed by atoms with Gasteiger partial charge in [0.1, 0.15) is 16.6 Å². The fourth-order valence-electron chi connectivity index (χ4n) is 1.87. The highest BCUT2D eigenvalue weighted by Gasteiger charge is 2.34. The van der Waals surface area contributed by atoms with Crippen molar-refractivity contribution in [2.45, 2.75) is 33.1 Å². The van der Waals surface area contributed by atoms with Gasteiger partial charge in [0.05, 0.1) is 10.6 Å². The van der Waals surface area contributed by atoms with Crippen molar-refractivity contribution in [2.24, 2.45) is 11.8 Å². The molecule has 1 saturated carbocycles. The minimum atomic E-state index is 0.107. The van der Waals surface area contributed by atoms with Gasteiger partial charge in [-0.3, -0.25) is 4.79 Å². The largest absolute Gasteiger partial charge is 0.396 e. The van der Waals surface area contributed by atoms with Crippen LogP contribution < -0.4 is 11.1 Å². The van der Waals surface area contributed by atoms with Gasteiger partial charge in [0.15, 0.2) is 5.78 Å². The van der Waals surface area contributed by atoms with Gasteiger partial charge in [-0.05, 0) is 25.2 Å². The van der Waals surface area contributed by atoms with Crippen molar-refractivity contribution in [2.75, 3.05) is 17.6 Å². The average molecular weight is 277 g/mol. The number of nitrogens with one attached hydrogen (secondary N) is 1. The van der Waals surface area contributed by atoms with Crippen molar-refractivity contribution in [3.05, 3.63) is 10.4 Å². The second kappa shape index (κ2) is 5.62. The Labute approximate surface area is 117 Å². The molecule has 4 nitrogen and oxygen atoms in total. The van der Waals surface area contributed by atoms with Crippen LogP contribution in [0.15, 0.2) is 0 Å². The van der Waals surface area contributed by atoms with E-state index in [-0.39, 0.29) is 11.7 Å². The first-order valence-electron chi connectivity index (χ1n) is 6.65. The fourth-order valence-corrected chi connectivity index (χ4v) is 2.98. The zero-order valence-corrected chi connectivity index (χ0v) is 12.1. The Bertz CT molecular complexity index is 524. The molecular formula is C14H19N3OS. The Morgan fingerprint density at radius 3 is 2.79 bits per heavy atom. The summed E-state index contributed by atoms with van der Waals surface area (Å²) in [5.41, 5.74) is 6.73. The van der Waals surface area contributed by atoms with Crippen molar-refractivity contribution in [3.63, 3.8) is 0 Å². The van der Waals surface area contributed by atoms with Gasteiger partial charge in [-0.25, -0.2) is 0 Å². The first-order chi connectivity index (χ1) is 9.04. The van der Waals surface area contributed by atoms with Crippen LogP contribution in [-0.2, 0) is 0 Å². The van der Waals surface area contributed by atoms with E-state index in [1.807, 2.05) is 0 Å². The number of nitriles is 1. The Morgan fingerprint density at radius 1 is 1.58 bits per heavy atom. The van der Waals surface area contributed by atoms with Crippen molar-refractivity contribution < 1.29 is 4.79 Å². The van der Waals surface area contributed by atoms with Crippen LogP contribution in [0.2, 0.25) is 0 Å². The van der Waals surface area contributed by atoms with Crippen LogP contribution in [-0.4, -0.2) is 12.3 Å². The smallest absolute Gasteiger partial charge is 0.178 e. The Hall–Kier alpha value is -1.54. The number of nitrogens with two attached hydrogens (primary N) is 1. The molecule has 5 heteroatoms. The van der Waals surface area contributed by atoms with E-state index >= 15 is 0 Å². The molecule has 1 aliphatic rings. The number of carbonyl (C=O) groups excluding carboxylic acids is 1. The molecule has 19 heavy (non-hydrogen) atoms. The predicted molar refractivity (Wildman–Crippen MR) is 78.4 cm³/mol. The predicted octanol–water partition coefficient (Wildman–Crippen LogP) is 3.25. The molecule has 102 valence electrons. The molecule has 0 saturated heterocycles. The van der Waals surface area contributed by atoms with Crippen LogP contribution in [0, 0.1) is 23.2 Å². The second-order valence-electron chi connectivity index (χ2n) is 5.41. The summed E-state index contributed by atoms with van der Waals surface area (Å²) < 4.78 is 0. The van der Waals surface area contributed by atoms with Gasteiger partial charge in [-0.1, -0.05) is 13.8 Å². The molecule has 0 bridgehead atoms. The van der Waals surface area contributed by atoms with Crippen LogP contribution in [0.25, 0.3) is 0 Å². The van der Waals surface area contributed by atoms with Crippen LogP contribution in [0.3, 0.4) is 0 Å². The standard InChI is InChI=1S/C14H19N3OS/c1-8(2)5-6-17-14-10(7-15)11(16)13(19-14)12(18)9-3-4-9/h8-9,17H,3-6,16H2,1-2H3. The molecule has 0 aromatic carbocycles. The number of rotatable bonds is 6. The van der Waals surface area contributed by atoms with Gasteiger partial charge in [-0.2, -0.15) is 5.26 Å². The number of hydrogen-bond acceptors (Lipinski definition) is 5. The first kappa shape index (κ1) is 13.9. The Balaban J connectivity index is 2.16. The van der Waals surface area contributed by atoms with E-state index < -0.39 is 0 Å². The van der Waals surface area contributed by atoms with E-state index in [0.717, 1.165) is 30.8 Å². The maximum absolute atomic E-state index is 12.1. The number of carbonyl (C=O) groups is 1. The van der Waals surface area contributed by atoms with Crippen molar-refractivity contribution >= 4 is 27.8 Å². The third-order valence-electron chi connectivity index (χ3n) is 3.24. The van der Waals surface area contributed by atoms with E-state index in [9.17, 15) is 10.1 Å². The minimum absolute atomic E-state index is 0.107. The molecule has 0 spiro atoms. The summed E-state index contributed by atoms with van der Waals surface area (Å²) in [5, 5.41) is 13.2. The summed E-state index contributed by atoms with van der Waals surface area (Å²) in [4.78, 5) is 12.6. The molecule has 0 amide bonds. The van der Waals surface area contributed by atoms with Crippen LogP contribution >= 0.6 is 11.3 Å². The molecule has 1 fully saturated rings. The van der Waals surface area contributed by atoms with Gasteiger partial charge in [-0.15, -0.1) is 11.3 Å². The number of thiophene rings is 1. The van der Waals surface area contributed by atoms with Gasteiger partial charge in [0, 0.05) is 12.5 Å². The summed E-state index contributed by atoms with van der Waals surface area (Å²) in [7, 11) is 0. The van der Waals surface area contributed by atoms with Gasteiger partial charge in [0.2, 0.25) is 0 Å². The Morgan fingerprint density at radius 2 is 2.26 bits per heavy atom. The van der Waals surface area contributed by atoms with Crippen LogP contribution in [0.4, 0.5) is 10.7 Å². The van der Waals surface area contributed by atoms with Crippen molar-refractivity contribution in [1.82, 2.24) is 0 Å². The lowest BCUT2D eigenvalue weighted by atomic mass is 10.1. The van der Waals surface area contributed by atoms with Crippen LogP contribution in [0.5, 0.6) is 0 Å². The number of anilines is 2. The minimum Gasteiger partial charge on any atom is -0.396 e. The molecule has 1 aromatic heterocycles. The summed E-state index contributed by atoms with van der Waals surface area (Å²) in [6.07, 6.45) is 2.93. The third kappa shape index (κ3) is 3.07. The summed E-state index contributed by atoms with van der Waals surface area (Å²) >= 11 is 1.33. The molecule has 0 aliphatic heterocycles. The zero-order chi connectivity index (χ0) is 14.0. The third-order valence-corrected chi connectivity index (χ3v) is 4.41. The van der Waals surface area contributed by atoms with Crippen molar-refractivity contribution in [3.8, 4) is 6.07 Å². The van der Waals surface area contributed by atoms with Gasteiger partial charge < -0.3 is 11.1 Å². The fraction of sp³-hybridized carbons (Fsp3) is 0.571. The van der Waals surface area contributed by atoms with E-state index in [1.165, 1.54) is 11.3 Å². The van der Waals surface area contributed by atoms with Gasteiger partial charge in [0.25, 0.3) is 0 Å². The number of nitrogens with zero attached hydrogens (tertiary/aromatic N) is 1. The maximum atomic E-state index is 12.1. The van der Waals surface area contributed by atoms with Gasteiger partial charge >= 0.3 is 0 Å². The van der Waals surface area contributed by atoms with Crippen LogP contribution in [0.1, 0.15) is 48.3 Å². The first-order valence-corrected chi connectivity index (χ1v) is 7.46. The lowest BCUT2D eigenvalue weighted by molar-refractivity contribution is 0.0972. The number of ketones is 1. The summed E-state index contributed by atoms with van der Waals surface area (Å²) in [5.74, 6) is 0.842. The highest BCUT2D eigenvalue weighted by atomic mass is 32.1. The molecule has 1 aliphatic carbocycles. The molecule has 1 aromatic rings. The maximum Gasteiger partial charge on any atom is 0.178 e.